The van der Waals surface area contributed by atoms with Crippen LogP contribution in [-0.2, 0) is 0 Å². The van der Waals surface area contributed by atoms with Crippen LogP contribution < -0.4 is 0 Å². The van der Waals surface area contributed by atoms with Gasteiger partial charge in [0.05, 0.1) is 5.02 Å². The summed E-state index contributed by atoms with van der Waals surface area (Å²) in [6.07, 6.45) is 2.14. The molecule has 0 unspecified atom stereocenters. The molecule has 3 nitrogen and oxygen atoms in total. The Labute approximate surface area is 146 Å². The first-order chi connectivity index (χ1) is 11.1. The van der Waals surface area contributed by atoms with E-state index in [2.05, 4.69) is 11.9 Å². The minimum Gasteiger partial charge on any atom is -0.337 e. The molecule has 2 aromatic rings. The smallest absolute Gasteiger partial charge is 0.272 e. The normalized spacial score (nSPS) is 15.7. The summed E-state index contributed by atoms with van der Waals surface area (Å²) in [5.74, 6) is 0.729. The standard InChI is InChI=1S/C18H19ClN2OS/c1-13-9-11-21(12-10-13)18(22)15-6-4-8-17(20-15)23-16-7-3-2-5-14(16)19/h2-8,13H,9-12H2,1H3. The number of carbonyl (C=O) groups excluding carboxylic acids is 1. The van der Waals surface area contributed by atoms with E-state index in [0.717, 1.165) is 35.9 Å². The molecule has 1 saturated heterocycles. The molecule has 1 fully saturated rings. The van der Waals surface area contributed by atoms with Crippen molar-refractivity contribution in [3.8, 4) is 0 Å². The fourth-order valence-electron chi connectivity index (χ4n) is 2.60. The van der Waals surface area contributed by atoms with Gasteiger partial charge in [-0.05, 0) is 43.0 Å². The van der Waals surface area contributed by atoms with Crippen LogP contribution in [0.2, 0.25) is 5.02 Å². The van der Waals surface area contributed by atoms with Gasteiger partial charge in [0, 0.05) is 18.0 Å². The van der Waals surface area contributed by atoms with E-state index in [1.54, 1.807) is 6.07 Å². The molecule has 23 heavy (non-hydrogen) atoms. The van der Waals surface area contributed by atoms with Crippen LogP contribution in [0.25, 0.3) is 0 Å². The number of benzene rings is 1. The number of rotatable bonds is 3. The number of halogens is 1. The van der Waals surface area contributed by atoms with Crippen molar-refractivity contribution < 1.29 is 4.79 Å². The SMILES string of the molecule is CC1CCN(C(=O)c2cccc(Sc3ccccc3Cl)n2)CC1. The van der Waals surface area contributed by atoms with Gasteiger partial charge in [0.15, 0.2) is 0 Å². The lowest BCUT2D eigenvalue weighted by molar-refractivity contribution is 0.0690. The molecule has 5 heteroatoms. The Kier molecular flexibility index (Phi) is 5.23. The Balaban J connectivity index is 1.75. The van der Waals surface area contributed by atoms with Crippen molar-refractivity contribution in [1.29, 1.82) is 0 Å². The maximum atomic E-state index is 12.6. The van der Waals surface area contributed by atoms with Gasteiger partial charge in [-0.25, -0.2) is 4.98 Å². The first-order valence-electron chi connectivity index (χ1n) is 7.82. The van der Waals surface area contributed by atoms with Crippen molar-refractivity contribution in [3.63, 3.8) is 0 Å². The van der Waals surface area contributed by atoms with E-state index in [4.69, 9.17) is 11.6 Å². The molecule has 1 aliphatic heterocycles. The van der Waals surface area contributed by atoms with Crippen LogP contribution in [0.1, 0.15) is 30.3 Å². The molecule has 120 valence electrons. The quantitative estimate of drug-likeness (QED) is 0.803. The highest BCUT2D eigenvalue weighted by molar-refractivity contribution is 7.99. The third-order valence-corrected chi connectivity index (χ3v) is 5.52. The van der Waals surface area contributed by atoms with Crippen molar-refractivity contribution in [1.82, 2.24) is 9.88 Å². The van der Waals surface area contributed by atoms with Gasteiger partial charge in [0.25, 0.3) is 5.91 Å². The van der Waals surface area contributed by atoms with Crippen molar-refractivity contribution in [2.75, 3.05) is 13.1 Å². The third-order valence-electron chi connectivity index (χ3n) is 4.06. The van der Waals surface area contributed by atoms with E-state index < -0.39 is 0 Å². The highest BCUT2D eigenvalue weighted by atomic mass is 35.5. The summed E-state index contributed by atoms with van der Waals surface area (Å²) in [5, 5.41) is 1.48. The maximum Gasteiger partial charge on any atom is 0.272 e. The van der Waals surface area contributed by atoms with E-state index in [9.17, 15) is 4.79 Å². The number of aromatic nitrogens is 1. The van der Waals surface area contributed by atoms with Crippen molar-refractivity contribution in [2.24, 2.45) is 5.92 Å². The lowest BCUT2D eigenvalue weighted by Crippen LogP contribution is -2.38. The van der Waals surface area contributed by atoms with Gasteiger partial charge in [0.1, 0.15) is 10.7 Å². The molecular formula is C18H19ClN2OS. The highest BCUT2D eigenvalue weighted by Gasteiger charge is 2.22. The van der Waals surface area contributed by atoms with Crippen molar-refractivity contribution in [3.05, 3.63) is 53.2 Å². The number of likely N-dealkylation sites (tertiary alicyclic amines) is 1. The largest absolute Gasteiger partial charge is 0.337 e. The zero-order valence-electron chi connectivity index (χ0n) is 13.0. The number of piperidine rings is 1. The van der Waals surface area contributed by atoms with Crippen LogP contribution in [0, 0.1) is 5.92 Å². The van der Waals surface area contributed by atoms with Crippen LogP contribution in [0.4, 0.5) is 0 Å². The number of amides is 1. The molecule has 0 spiro atoms. The number of pyridine rings is 1. The average molecular weight is 347 g/mol. The monoisotopic (exact) mass is 346 g/mol. The molecular weight excluding hydrogens is 328 g/mol. The minimum atomic E-state index is 0.0264. The fourth-order valence-corrected chi connectivity index (χ4v) is 3.68. The second-order valence-electron chi connectivity index (χ2n) is 5.87. The highest BCUT2D eigenvalue weighted by Crippen LogP contribution is 2.32. The third kappa shape index (κ3) is 4.06. The summed E-state index contributed by atoms with van der Waals surface area (Å²) in [5.41, 5.74) is 0.511. The second kappa shape index (κ2) is 7.37. The molecule has 0 N–H and O–H groups in total. The summed E-state index contributed by atoms with van der Waals surface area (Å²) in [6.45, 7) is 3.88. The molecule has 1 aromatic carbocycles. The van der Waals surface area contributed by atoms with Crippen molar-refractivity contribution in [2.45, 2.75) is 29.7 Å². The summed E-state index contributed by atoms with van der Waals surface area (Å²) < 4.78 is 0. The van der Waals surface area contributed by atoms with E-state index in [1.807, 2.05) is 41.3 Å². The van der Waals surface area contributed by atoms with Crippen LogP contribution in [0.3, 0.4) is 0 Å². The zero-order chi connectivity index (χ0) is 16.2. The lowest BCUT2D eigenvalue weighted by Gasteiger charge is -2.30. The Hall–Kier alpha value is -1.52. The Morgan fingerprint density at radius 2 is 1.91 bits per heavy atom. The van der Waals surface area contributed by atoms with Crippen LogP contribution in [0.5, 0.6) is 0 Å². The van der Waals surface area contributed by atoms with Crippen LogP contribution >= 0.6 is 23.4 Å². The first kappa shape index (κ1) is 16.3. The predicted molar refractivity (Wildman–Crippen MR) is 94.1 cm³/mol. The van der Waals surface area contributed by atoms with Gasteiger partial charge in [-0.1, -0.05) is 48.5 Å². The Morgan fingerprint density at radius 3 is 2.65 bits per heavy atom. The number of carbonyl (C=O) groups is 1. The van der Waals surface area contributed by atoms with Gasteiger partial charge in [0.2, 0.25) is 0 Å². The van der Waals surface area contributed by atoms with Gasteiger partial charge in [-0.15, -0.1) is 0 Å². The fraction of sp³-hybridized carbons (Fsp3) is 0.333. The molecule has 1 aromatic heterocycles. The summed E-state index contributed by atoms with van der Waals surface area (Å²) in [6, 6.07) is 13.2. The molecule has 2 heterocycles. The molecule has 1 aliphatic rings. The summed E-state index contributed by atoms with van der Waals surface area (Å²) in [4.78, 5) is 20.0. The van der Waals surface area contributed by atoms with Crippen molar-refractivity contribution >= 4 is 29.3 Å². The van der Waals surface area contributed by atoms with E-state index in [1.165, 1.54) is 11.8 Å². The molecule has 1 amide bonds. The van der Waals surface area contributed by atoms with Gasteiger partial charge in [-0.2, -0.15) is 0 Å². The summed E-state index contributed by atoms with van der Waals surface area (Å²) in [7, 11) is 0. The number of hydrogen-bond acceptors (Lipinski definition) is 3. The lowest BCUT2D eigenvalue weighted by atomic mass is 9.99. The second-order valence-corrected chi connectivity index (χ2v) is 7.34. The molecule has 0 aliphatic carbocycles. The minimum absolute atomic E-state index is 0.0264. The molecule has 0 bridgehead atoms. The maximum absolute atomic E-state index is 12.6. The topological polar surface area (TPSA) is 33.2 Å². The van der Waals surface area contributed by atoms with Gasteiger partial charge in [-0.3, -0.25) is 4.79 Å². The predicted octanol–water partition coefficient (Wildman–Crippen LogP) is 4.76. The van der Waals surface area contributed by atoms with E-state index in [0.29, 0.717) is 16.6 Å². The van der Waals surface area contributed by atoms with E-state index >= 15 is 0 Å². The summed E-state index contributed by atoms with van der Waals surface area (Å²) >= 11 is 7.67. The van der Waals surface area contributed by atoms with Crippen LogP contribution in [-0.4, -0.2) is 28.9 Å². The first-order valence-corrected chi connectivity index (χ1v) is 9.01. The molecule has 0 radical (unpaired) electrons. The number of hydrogen-bond donors (Lipinski definition) is 0. The Morgan fingerprint density at radius 1 is 1.17 bits per heavy atom. The van der Waals surface area contributed by atoms with Gasteiger partial charge < -0.3 is 4.90 Å². The molecule has 0 atom stereocenters. The van der Waals surface area contributed by atoms with Crippen LogP contribution in [0.15, 0.2) is 52.4 Å². The zero-order valence-corrected chi connectivity index (χ0v) is 14.6. The Bertz CT molecular complexity index is 699. The molecule has 3 rings (SSSR count). The molecule has 0 saturated carbocycles. The van der Waals surface area contributed by atoms with E-state index in [-0.39, 0.29) is 5.91 Å². The average Bonchev–Trinajstić information content (AvgIpc) is 2.57. The van der Waals surface area contributed by atoms with Gasteiger partial charge >= 0.3 is 0 Å². The number of nitrogens with zero attached hydrogens (tertiary/aromatic N) is 2.